The zero-order chi connectivity index (χ0) is 12.0. The van der Waals surface area contributed by atoms with Crippen LogP contribution in [0.5, 0.6) is 0 Å². The van der Waals surface area contributed by atoms with Gasteiger partial charge in [-0.2, -0.15) is 0 Å². The molecule has 0 atom stereocenters. The van der Waals surface area contributed by atoms with E-state index >= 15 is 0 Å². The van der Waals surface area contributed by atoms with Crippen molar-refractivity contribution in [2.75, 3.05) is 26.0 Å². The molecule has 16 heavy (non-hydrogen) atoms. The summed E-state index contributed by atoms with van der Waals surface area (Å²) in [6.45, 7) is 0.705. The predicted molar refractivity (Wildman–Crippen MR) is 62.7 cm³/mol. The fourth-order valence-corrected chi connectivity index (χ4v) is 1.09. The number of nitrogens with one attached hydrogen (secondary N) is 1. The molecule has 1 aromatic carbocycles. The zero-order valence-corrected chi connectivity index (χ0v) is 9.40. The van der Waals surface area contributed by atoms with Gasteiger partial charge >= 0.3 is 0 Å². The van der Waals surface area contributed by atoms with Crippen molar-refractivity contribution in [3.8, 4) is 0 Å². The summed E-state index contributed by atoms with van der Waals surface area (Å²) >= 11 is 0. The lowest BCUT2D eigenvalue weighted by molar-refractivity contribution is -0.111. The summed E-state index contributed by atoms with van der Waals surface area (Å²) in [6.07, 6.45) is 3.22. The van der Waals surface area contributed by atoms with E-state index in [1.807, 2.05) is 19.0 Å². The highest BCUT2D eigenvalue weighted by atomic mass is 19.1. The van der Waals surface area contributed by atoms with Gasteiger partial charge in [0.15, 0.2) is 0 Å². The maximum absolute atomic E-state index is 12.6. The molecule has 1 N–H and O–H groups in total. The van der Waals surface area contributed by atoms with Crippen LogP contribution in [0.25, 0.3) is 0 Å². The molecule has 0 saturated carbocycles. The first-order valence-electron chi connectivity index (χ1n) is 4.96. The normalized spacial score (nSPS) is 11.0. The lowest BCUT2D eigenvalue weighted by atomic mass is 10.3. The van der Waals surface area contributed by atoms with Crippen LogP contribution in [-0.4, -0.2) is 31.4 Å². The average molecular weight is 222 g/mol. The maximum atomic E-state index is 12.6. The first kappa shape index (κ1) is 12.4. The monoisotopic (exact) mass is 222 g/mol. The number of hydrogen-bond donors (Lipinski definition) is 1. The molecular weight excluding hydrogens is 207 g/mol. The van der Waals surface area contributed by atoms with Crippen molar-refractivity contribution in [1.82, 2.24) is 4.90 Å². The summed E-state index contributed by atoms with van der Waals surface area (Å²) in [4.78, 5) is 13.3. The summed E-state index contributed by atoms with van der Waals surface area (Å²) in [6, 6.07) is 5.65. The van der Waals surface area contributed by atoms with Gasteiger partial charge in [-0.1, -0.05) is 6.08 Å². The van der Waals surface area contributed by atoms with Gasteiger partial charge in [0, 0.05) is 18.3 Å². The van der Waals surface area contributed by atoms with Gasteiger partial charge in [0.05, 0.1) is 0 Å². The number of carbonyl (C=O) groups is 1. The van der Waals surface area contributed by atoms with Gasteiger partial charge in [-0.25, -0.2) is 4.39 Å². The standard InChI is InChI=1S/C12H15FN2O/c1-15(2)9-3-4-12(16)14-11-7-5-10(13)6-8-11/h3-8H,9H2,1-2H3,(H,14,16)/b4-3+. The van der Waals surface area contributed by atoms with Gasteiger partial charge in [-0.3, -0.25) is 4.79 Å². The number of amides is 1. The molecule has 0 aliphatic rings. The van der Waals surface area contributed by atoms with Crippen molar-refractivity contribution in [2.24, 2.45) is 0 Å². The van der Waals surface area contributed by atoms with Gasteiger partial charge < -0.3 is 10.2 Å². The fourth-order valence-electron chi connectivity index (χ4n) is 1.09. The molecule has 3 nitrogen and oxygen atoms in total. The van der Waals surface area contributed by atoms with E-state index in [-0.39, 0.29) is 11.7 Å². The van der Waals surface area contributed by atoms with E-state index in [0.29, 0.717) is 12.2 Å². The van der Waals surface area contributed by atoms with E-state index in [1.165, 1.54) is 30.3 Å². The molecule has 1 amide bonds. The highest BCUT2D eigenvalue weighted by molar-refractivity contribution is 5.99. The Hall–Kier alpha value is -1.68. The van der Waals surface area contributed by atoms with E-state index in [9.17, 15) is 9.18 Å². The third-order valence-corrected chi connectivity index (χ3v) is 1.85. The summed E-state index contributed by atoms with van der Waals surface area (Å²) < 4.78 is 12.6. The molecule has 4 heteroatoms. The lowest BCUT2D eigenvalue weighted by Crippen LogP contribution is -2.12. The molecule has 1 rings (SSSR count). The van der Waals surface area contributed by atoms with Crippen molar-refractivity contribution in [3.05, 3.63) is 42.2 Å². The Morgan fingerprint density at radius 3 is 2.56 bits per heavy atom. The molecule has 86 valence electrons. The molecular formula is C12H15FN2O. The molecule has 0 aliphatic heterocycles. The van der Waals surface area contributed by atoms with Crippen molar-refractivity contribution < 1.29 is 9.18 Å². The number of nitrogens with zero attached hydrogens (tertiary/aromatic N) is 1. The van der Waals surface area contributed by atoms with Crippen LogP contribution in [0.2, 0.25) is 0 Å². The summed E-state index contributed by atoms with van der Waals surface area (Å²) in [5.74, 6) is -0.533. The molecule has 0 unspecified atom stereocenters. The SMILES string of the molecule is CN(C)C/C=C/C(=O)Nc1ccc(F)cc1. The smallest absolute Gasteiger partial charge is 0.248 e. The third kappa shape index (κ3) is 4.70. The Labute approximate surface area is 94.6 Å². The largest absolute Gasteiger partial charge is 0.323 e. The molecule has 0 fully saturated rings. The second-order valence-corrected chi connectivity index (χ2v) is 3.66. The molecule has 1 aromatic rings. The summed E-state index contributed by atoms with van der Waals surface area (Å²) in [5.41, 5.74) is 0.584. The molecule has 0 spiro atoms. The first-order chi connectivity index (χ1) is 7.58. The number of hydrogen-bond acceptors (Lipinski definition) is 2. The molecule has 0 bridgehead atoms. The number of benzene rings is 1. The number of carbonyl (C=O) groups excluding carboxylic acids is 1. The molecule has 0 aromatic heterocycles. The Balaban J connectivity index is 2.45. The van der Waals surface area contributed by atoms with Gasteiger partial charge in [0.2, 0.25) is 5.91 Å². The Bertz CT molecular complexity index is 371. The van der Waals surface area contributed by atoms with E-state index < -0.39 is 0 Å². The van der Waals surface area contributed by atoms with E-state index in [0.717, 1.165) is 0 Å². The minimum atomic E-state index is -0.318. The molecule has 0 saturated heterocycles. The maximum Gasteiger partial charge on any atom is 0.248 e. The van der Waals surface area contributed by atoms with E-state index in [2.05, 4.69) is 5.32 Å². The van der Waals surface area contributed by atoms with Gasteiger partial charge in [-0.05, 0) is 38.4 Å². The number of anilines is 1. The lowest BCUT2D eigenvalue weighted by Gasteiger charge is -2.04. The fraction of sp³-hybridized carbons (Fsp3) is 0.250. The average Bonchev–Trinajstić information content (AvgIpc) is 2.21. The first-order valence-corrected chi connectivity index (χ1v) is 4.96. The Morgan fingerprint density at radius 1 is 1.38 bits per heavy atom. The number of likely N-dealkylation sites (N-methyl/N-ethyl adjacent to an activating group) is 1. The molecule has 0 heterocycles. The van der Waals surface area contributed by atoms with Gasteiger partial charge in [-0.15, -0.1) is 0 Å². The number of rotatable bonds is 4. The Kier molecular flexibility index (Phi) is 4.66. The predicted octanol–water partition coefficient (Wildman–Crippen LogP) is 1.88. The van der Waals surface area contributed by atoms with Crippen LogP contribution in [0, 0.1) is 5.82 Å². The third-order valence-electron chi connectivity index (χ3n) is 1.85. The topological polar surface area (TPSA) is 32.3 Å². The number of halogens is 1. The van der Waals surface area contributed by atoms with Crippen LogP contribution in [0.1, 0.15) is 0 Å². The quantitative estimate of drug-likeness (QED) is 0.789. The van der Waals surface area contributed by atoms with Crippen molar-refractivity contribution in [3.63, 3.8) is 0 Å². The molecule has 0 radical (unpaired) electrons. The summed E-state index contributed by atoms with van der Waals surface area (Å²) in [5, 5.41) is 2.63. The minimum absolute atomic E-state index is 0.214. The second kappa shape index (κ2) is 6.02. The van der Waals surface area contributed by atoms with Crippen LogP contribution < -0.4 is 5.32 Å². The second-order valence-electron chi connectivity index (χ2n) is 3.66. The van der Waals surface area contributed by atoms with Crippen LogP contribution in [-0.2, 0) is 4.79 Å². The minimum Gasteiger partial charge on any atom is -0.323 e. The van der Waals surface area contributed by atoms with Crippen LogP contribution in [0.15, 0.2) is 36.4 Å². The van der Waals surface area contributed by atoms with Crippen LogP contribution >= 0.6 is 0 Å². The van der Waals surface area contributed by atoms with Gasteiger partial charge in [0.1, 0.15) is 5.82 Å². The van der Waals surface area contributed by atoms with Crippen LogP contribution in [0.3, 0.4) is 0 Å². The van der Waals surface area contributed by atoms with Crippen molar-refractivity contribution in [1.29, 1.82) is 0 Å². The summed E-state index contributed by atoms with van der Waals surface area (Å²) in [7, 11) is 3.84. The zero-order valence-electron chi connectivity index (χ0n) is 9.40. The highest BCUT2D eigenvalue weighted by Crippen LogP contribution is 2.07. The van der Waals surface area contributed by atoms with E-state index in [1.54, 1.807) is 6.08 Å². The van der Waals surface area contributed by atoms with Gasteiger partial charge in [0.25, 0.3) is 0 Å². The van der Waals surface area contributed by atoms with Crippen molar-refractivity contribution >= 4 is 11.6 Å². The van der Waals surface area contributed by atoms with Crippen molar-refractivity contribution in [2.45, 2.75) is 0 Å². The van der Waals surface area contributed by atoms with Crippen LogP contribution in [0.4, 0.5) is 10.1 Å². The highest BCUT2D eigenvalue weighted by Gasteiger charge is 1.97. The Morgan fingerprint density at radius 2 is 2.00 bits per heavy atom. The molecule has 0 aliphatic carbocycles. The van der Waals surface area contributed by atoms with E-state index in [4.69, 9.17) is 0 Å².